The maximum Gasteiger partial charge on any atom is 0.198 e. The normalized spacial score (nSPS) is 27.7. The smallest absolute Gasteiger partial charge is 0.198 e. The number of ether oxygens (including phenoxy) is 3. The third-order valence-corrected chi connectivity index (χ3v) is 6.68. The fraction of sp³-hybridized carbons (Fsp3) is 0.458. The molecule has 1 aliphatic carbocycles. The van der Waals surface area contributed by atoms with Crippen LogP contribution in [-0.2, 0) is 0 Å². The van der Waals surface area contributed by atoms with Gasteiger partial charge < -0.3 is 14.2 Å². The van der Waals surface area contributed by atoms with Gasteiger partial charge in [0.25, 0.3) is 0 Å². The number of hydrazone groups is 1. The number of nitrogens with zero attached hydrogens (tertiary/aromatic N) is 2. The Morgan fingerprint density at radius 3 is 2.55 bits per heavy atom. The Morgan fingerprint density at radius 1 is 1.03 bits per heavy atom. The summed E-state index contributed by atoms with van der Waals surface area (Å²) in [6.45, 7) is 2.34. The summed E-state index contributed by atoms with van der Waals surface area (Å²) in [5, 5.41) is 7.41. The van der Waals surface area contributed by atoms with E-state index in [0.29, 0.717) is 0 Å². The van der Waals surface area contributed by atoms with Gasteiger partial charge in [0.15, 0.2) is 17.2 Å². The molecule has 1 saturated carbocycles. The molecule has 1 atom stereocenters. The van der Waals surface area contributed by atoms with E-state index < -0.39 is 0 Å². The Kier molecular flexibility index (Phi) is 4.41. The summed E-state index contributed by atoms with van der Waals surface area (Å²) in [5.41, 5.74) is 3.06. The summed E-state index contributed by atoms with van der Waals surface area (Å²) in [5.74, 6) is 3.23. The average molecular weight is 392 g/mol. The van der Waals surface area contributed by atoms with Crippen molar-refractivity contribution in [1.82, 2.24) is 5.01 Å². The van der Waals surface area contributed by atoms with E-state index in [-0.39, 0.29) is 11.8 Å². The van der Waals surface area contributed by atoms with Crippen molar-refractivity contribution in [2.75, 3.05) is 14.2 Å². The third kappa shape index (κ3) is 2.95. The van der Waals surface area contributed by atoms with Gasteiger partial charge in [-0.3, -0.25) is 0 Å². The minimum absolute atomic E-state index is 0.219. The van der Waals surface area contributed by atoms with E-state index in [0.717, 1.165) is 53.7 Å². The maximum absolute atomic E-state index is 6.66. The summed E-state index contributed by atoms with van der Waals surface area (Å²) in [7, 11) is 3.33. The lowest BCUT2D eigenvalue weighted by Crippen LogP contribution is -2.55. The molecule has 1 spiro atoms. The van der Waals surface area contributed by atoms with E-state index in [1.54, 1.807) is 14.2 Å². The first kappa shape index (κ1) is 18.3. The first-order chi connectivity index (χ1) is 14.1. The minimum atomic E-state index is -0.330. The van der Waals surface area contributed by atoms with Crippen LogP contribution < -0.4 is 14.2 Å². The molecule has 29 heavy (non-hydrogen) atoms. The van der Waals surface area contributed by atoms with E-state index in [1.807, 2.05) is 12.1 Å². The molecule has 152 valence electrons. The Labute approximate surface area is 172 Å². The number of methoxy groups -OCH3 is 2. The van der Waals surface area contributed by atoms with Crippen LogP contribution in [-0.4, -0.2) is 30.7 Å². The van der Waals surface area contributed by atoms with Crippen LogP contribution in [0.2, 0.25) is 0 Å². The molecule has 0 amide bonds. The first-order valence-electron chi connectivity index (χ1n) is 10.5. The molecular weight excluding hydrogens is 364 g/mol. The molecule has 5 nitrogen and oxygen atoms in total. The van der Waals surface area contributed by atoms with Gasteiger partial charge in [-0.25, -0.2) is 5.01 Å². The Balaban J connectivity index is 1.56. The molecule has 2 heterocycles. The number of benzene rings is 2. The molecule has 2 aromatic rings. The highest BCUT2D eigenvalue weighted by molar-refractivity contribution is 6.02. The standard InChI is InChI=1S/C24H28N2O3/c1-16-10-12-24(13-11-16)26-20(18-6-4-5-7-21(18)29-24)15-19(25-26)17-8-9-22(27-2)23(14-17)28-3/h4-9,14,16,20H,10-13,15H2,1-3H3. The highest BCUT2D eigenvalue weighted by atomic mass is 16.5. The zero-order valence-corrected chi connectivity index (χ0v) is 17.4. The highest BCUT2D eigenvalue weighted by Crippen LogP contribution is 2.51. The number of hydrogen-bond donors (Lipinski definition) is 0. The number of para-hydroxylation sites is 1. The van der Waals surface area contributed by atoms with Crippen LogP contribution in [0.3, 0.4) is 0 Å². The summed E-state index contributed by atoms with van der Waals surface area (Å²) in [6.07, 6.45) is 5.25. The van der Waals surface area contributed by atoms with Gasteiger partial charge in [0, 0.05) is 30.4 Å². The van der Waals surface area contributed by atoms with Gasteiger partial charge in [-0.05, 0) is 43.0 Å². The molecule has 1 fully saturated rings. The van der Waals surface area contributed by atoms with Crippen molar-refractivity contribution in [2.24, 2.45) is 11.0 Å². The van der Waals surface area contributed by atoms with Crippen molar-refractivity contribution in [1.29, 1.82) is 0 Å². The Morgan fingerprint density at radius 2 is 1.79 bits per heavy atom. The van der Waals surface area contributed by atoms with Crippen molar-refractivity contribution >= 4 is 5.71 Å². The van der Waals surface area contributed by atoms with Crippen LogP contribution in [0.1, 0.15) is 56.2 Å². The summed E-state index contributed by atoms with van der Waals surface area (Å²) in [4.78, 5) is 0. The molecule has 0 N–H and O–H groups in total. The number of hydrogen-bond acceptors (Lipinski definition) is 5. The van der Waals surface area contributed by atoms with Crippen LogP contribution in [0.4, 0.5) is 0 Å². The molecule has 2 aromatic carbocycles. The van der Waals surface area contributed by atoms with E-state index in [1.165, 1.54) is 18.4 Å². The van der Waals surface area contributed by atoms with Crippen molar-refractivity contribution in [3.8, 4) is 17.2 Å². The highest BCUT2D eigenvalue weighted by Gasteiger charge is 2.51. The zero-order valence-electron chi connectivity index (χ0n) is 17.4. The SMILES string of the molecule is COc1ccc(C2=NN3C(C2)c2ccccc2OC32CCC(C)CC2)cc1OC. The maximum atomic E-state index is 6.66. The third-order valence-electron chi connectivity index (χ3n) is 6.68. The van der Waals surface area contributed by atoms with E-state index in [9.17, 15) is 0 Å². The predicted octanol–water partition coefficient (Wildman–Crippen LogP) is 5.15. The monoisotopic (exact) mass is 392 g/mol. The Bertz CT molecular complexity index is 947. The average Bonchev–Trinajstić information content (AvgIpc) is 3.22. The largest absolute Gasteiger partial charge is 0.493 e. The molecule has 0 bridgehead atoms. The zero-order chi connectivity index (χ0) is 20.0. The van der Waals surface area contributed by atoms with E-state index >= 15 is 0 Å². The quantitative estimate of drug-likeness (QED) is 0.724. The van der Waals surface area contributed by atoms with Crippen molar-refractivity contribution in [3.63, 3.8) is 0 Å². The van der Waals surface area contributed by atoms with E-state index in [2.05, 4.69) is 42.3 Å². The second-order valence-corrected chi connectivity index (χ2v) is 8.45. The second-order valence-electron chi connectivity index (χ2n) is 8.45. The van der Waals surface area contributed by atoms with E-state index in [4.69, 9.17) is 19.3 Å². The molecule has 1 unspecified atom stereocenters. The van der Waals surface area contributed by atoms with Gasteiger partial charge in [0.05, 0.1) is 26.0 Å². The predicted molar refractivity (Wildman–Crippen MR) is 113 cm³/mol. The number of fused-ring (bicyclic) bond motifs is 4. The van der Waals surface area contributed by atoms with Gasteiger partial charge in [0.2, 0.25) is 0 Å². The molecule has 2 aliphatic heterocycles. The van der Waals surface area contributed by atoms with Crippen molar-refractivity contribution in [2.45, 2.75) is 50.8 Å². The lowest BCUT2D eigenvalue weighted by molar-refractivity contribution is -0.145. The first-order valence-corrected chi connectivity index (χ1v) is 10.5. The second kappa shape index (κ2) is 6.97. The van der Waals surface area contributed by atoms with Crippen LogP contribution in [0.15, 0.2) is 47.6 Å². The molecule has 3 aliphatic rings. The molecule has 0 saturated heterocycles. The van der Waals surface area contributed by atoms with Crippen molar-refractivity contribution in [3.05, 3.63) is 53.6 Å². The van der Waals surface area contributed by atoms with Crippen LogP contribution in [0.5, 0.6) is 17.2 Å². The molecular formula is C24H28N2O3. The molecule has 5 rings (SSSR count). The lowest BCUT2D eigenvalue weighted by Gasteiger charge is -2.50. The minimum Gasteiger partial charge on any atom is -0.493 e. The van der Waals surface area contributed by atoms with Gasteiger partial charge in [-0.2, -0.15) is 5.10 Å². The van der Waals surface area contributed by atoms with Crippen molar-refractivity contribution < 1.29 is 14.2 Å². The molecule has 0 aromatic heterocycles. The molecule has 0 radical (unpaired) electrons. The van der Waals surface area contributed by atoms with Crippen LogP contribution >= 0.6 is 0 Å². The Hall–Kier alpha value is -2.69. The molecule has 5 heteroatoms. The van der Waals surface area contributed by atoms with Gasteiger partial charge in [-0.15, -0.1) is 0 Å². The number of rotatable bonds is 3. The summed E-state index contributed by atoms with van der Waals surface area (Å²) < 4.78 is 17.6. The fourth-order valence-corrected chi connectivity index (χ4v) is 4.96. The fourth-order valence-electron chi connectivity index (χ4n) is 4.96. The lowest BCUT2D eigenvalue weighted by atomic mass is 9.82. The van der Waals surface area contributed by atoms with Crippen LogP contribution in [0.25, 0.3) is 0 Å². The van der Waals surface area contributed by atoms with Gasteiger partial charge in [0.1, 0.15) is 5.75 Å². The van der Waals surface area contributed by atoms with Crippen LogP contribution in [0, 0.1) is 5.92 Å². The van der Waals surface area contributed by atoms with Gasteiger partial charge in [-0.1, -0.05) is 25.1 Å². The topological polar surface area (TPSA) is 43.3 Å². The summed E-state index contributed by atoms with van der Waals surface area (Å²) in [6, 6.07) is 14.7. The summed E-state index contributed by atoms with van der Waals surface area (Å²) >= 11 is 0. The van der Waals surface area contributed by atoms with Gasteiger partial charge >= 0.3 is 0 Å².